The van der Waals surface area contributed by atoms with Crippen LogP contribution in [-0.2, 0) is 14.6 Å². The summed E-state index contributed by atoms with van der Waals surface area (Å²) in [5.41, 5.74) is 1.10. The Bertz CT molecular complexity index is 587. The van der Waals surface area contributed by atoms with Crippen LogP contribution in [0.1, 0.15) is 32.1 Å². The quantitative estimate of drug-likeness (QED) is 0.749. The van der Waals surface area contributed by atoms with E-state index in [4.69, 9.17) is 4.74 Å². The number of hydrogen-bond acceptors (Lipinski definition) is 4. The molecule has 4 aliphatic rings. The lowest BCUT2D eigenvalue weighted by atomic mass is 10.1. The van der Waals surface area contributed by atoms with Gasteiger partial charge in [0.15, 0.2) is 9.84 Å². The fourth-order valence-electron chi connectivity index (χ4n) is 4.44. The molecule has 3 atom stereocenters. The second-order valence-corrected chi connectivity index (χ2v) is 8.87. The second kappa shape index (κ2) is 5.13. The van der Waals surface area contributed by atoms with E-state index in [9.17, 15) is 8.42 Å². The Morgan fingerprint density at radius 1 is 1.10 bits per heavy atom. The molecule has 1 saturated carbocycles. The summed E-state index contributed by atoms with van der Waals surface area (Å²) in [5.74, 6) is 0.766. The van der Waals surface area contributed by atoms with E-state index in [1.54, 1.807) is 0 Å². The monoisotopic (exact) mass is 309 g/mol. The highest BCUT2D eigenvalue weighted by molar-refractivity contribution is 7.95. The molecule has 0 aromatic rings. The second-order valence-electron chi connectivity index (χ2n) is 6.69. The average Bonchev–Trinajstić information content (AvgIpc) is 3.24. The van der Waals surface area contributed by atoms with Gasteiger partial charge >= 0.3 is 0 Å². The Morgan fingerprint density at radius 2 is 1.90 bits per heavy atom. The van der Waals surface area contributed by atoms with Crippen LogP contribution in [0.25, 0.3) is 0 Å². The molecule has 3 unspecified atom stereocenters. The molecule has 5 heteroatoms. The van der Waals surface area contributed by atoms with Gasteiger partial charge in [0.25, 0.3) is 0 Å². The number of rotatable bonds is 3. The van der Waals surface area contributed by atoms with Crippen LogP contribution in [0.15, 0.2) is 22.8 Å². The predicted octanol–water partition coefficient (Wildman–Crippen LogP) is 2.09. The van der Waals surface area contributed by atoms with Crippen molar-refractivity contribution in [3.05, 3.63) is 22.8 Å². The Hall–Kier alpha value is -0.810. The molecule has 0 N–H and O–H groups in total. The molecule has 0 spiro atoms. The molecule has 0 radical (unpaired) electrons. The molecule has 0 amide bonds. The maximum Gasteiger partial charge on any atom is 0.179 e. The van der Waals surface area contributed by atoms with E-state index in [2.05, 4.69) is 17.1 Å². The van der Waals surface area contributed by atoms with E-state index in [1.165, 1.54) is 0 Å². The molecule has 4 rings (SSSR count). The van der Waals surface area contributed by atoms with E-state index < -0.39 is 9.84 Å². The summed E-state index contributed by atoms with van der Waals surface area (Å²) in [6.07, 6.45) is 8.88. The van der Waals surface area contributed by atoms with Gasteiger partial charge in [-0.1, -0.05) is 12.2 Å². The minimum Gasteiger partial charge on any atom is -0.378 e. The molecule has 3 aliphatic carbocycles. The highest BCUT2D eigenvalue weighted by Crippen LogP contribution is 2.46. The largest absolute Gasteiger partial charge is 0.378 e. The third kappa shape index (κ3) is 2.25. The van der Waals surface area contributed by atoms with Gasteiger partial charge in [-0.05, 0) is 43.9 Å². The third-order valence-corrected chi connectivity index (χ3v) is 7.96. The van der Waals surface area contributed by atoms with Crippen molar-refractivity contribution in [2.75, 3.05) is 26.3 Å². The zero-order valence-electron chi connectivity index (χ0n) is 12.3. The molecule has 1 aliphatic heterocycles. The molecule has 0 aromatic heterocycles. The number of morpholine rings is 1. The van der Waals surface area contributed by atoms with Gasteiger partial charge in [-0.2, -0.15) is 0 Å². The van der Waals surface area contributed by atoms with Crippen LogP contribution >= 0.6 is 0 Å². The van der Waals surface area contributed by atoms with Gasteiger partial charge in [0.05, 0.1) is 23.4 Å². The zero-order valence-corrected chi connectivity index (χ0v) is 13.1. The number of sulfone groups is 1. The molecular weight excluding hydrogens is 286 g/mol. The van der Waals surface area contributed by atoms with Gasteiger partial charge in [0.2, 0.25) is 0 Å². The molecule has 0 aromatic carbocycles. The molecular formula is C16H23NO3S. The van der Waals surface area contributed by atoms with Crippen LogP contribution in [0.5, 0.6) is 0 Å². The first-order chi connectivity index (χ1) is 10.2. The fourth-order valence-corrected chi connectivity index (χ4v) is 6.96. The fraction of sp³-hybridized carbons (Fsp3) is 0.750. The van der Waals surface area contributed by atoms with Gasteiger partial charge in [0.1, 0.15) is 0 Å². The van der Waals surface area contributed by atoms with Crippen molar-refractivity contribution in [1.82, 2.24) is 4.90 Å². The number of ether oxygens (including phenoxy) is 1. The summed E-state index contributed by atoms with van der Waals surface area (Å²) < 4.78 is 31.7. The van der Waals surface area contributed by atoms with Crippen molar-refractivity contribution in [2.24, 2.45) is 11.8 Å². The topological polar surface area (TPSA) is 46.6 Å². The first-order valence-electron chi connectivity index (χ1n) is 8.13. The molecule has 2 fully saturated rings. The summed E-state index contributed by atoms with van der Waals surface area (Å²) >= 11 is 0. The lowest BCUT2D eigenvalue weighted by Crippen LogP contribution is -2.37. The van der Waals surface area contributed by atoms with Crippen molar-refractivity contribution in [2.45, 2.75) is 37.4 Å². The predicted molar refractivity (Wildman–Crippen MR) is 81.3 cm³/mol. The number of nitrogens with zero attached hydrogens (tertiary/aromatic N) is 1. The van der Waals surface area contributed by atoms with E-state index in [0.717, 1.165) is 55.8 Å². The zero-order chi connectivity index (χ0) is 14.4. The number of fused-ring (bicyclic) bond motifs is 2. The van der Waals surface area contributed by atoms with E-state index >= 15 is 0 Å². The Morgan fingerprint density at radius 3 is 2.57 bits per heavy atom. The normalized spacial score (nSPS) is 36.0. The van der Waals surface area contributed by atoms with Crippen LogP contribution in [0, 0.1) is 11.8 Å². The van der Waals surface area contributed by atoms with Crippen LogP contribution in [0.3, 0.4) is 0 Å². The summed E-state index contributed by atoms with van der Waals surface area (Å²) in [5, 5.41) is -0.156. The summed E-state index contributed by atoms with van der Waals surface area (Å²) in [6.45, 7) is 3.11. The Labute approximate surface area is 126 Å². The van der Waals surface area contributed by atoms with E-state index in [1.807, 2.05) is 0 Å². The average molecular weight is 309 g/mol. The van der Waals surface area contributed by atoms with Crippen molar-refractivity contribution in [3.8, 4) is 0 Å². The van der Waals surface area contributed by atoms with Gasteiger partial charge in [0, 0.05) is 18.8 Å². The molecule has 2 bridgehead atoms. The summed E-state index contributed by atoms with van der Waals surface area (Å²) in [6, 6.07) is 0. The van der Waals surface area contributed by atoms with E-state index in [-0.39, 0.29) is 11.2 Å². The third-order valence-electron chi connectivity index (χ3n) is 5.49. The maximum absolute atomic E-state index is 13.1. The van der Waals surface area contributed by atoms with Gasteiger partial charge in [-0.3, -0.25) is 0 Å². The summed E-state index contributed by atoms with van der Waals surface area (Å²) in [4.78, 5) is 3.02. The smallest absolute Gasteiger partial charge is 0.179 e. The minimum atomic E-state index is -3.12. The van der Waals surface area contributed by atoms with Crippen LogP contribution in [0.2, 0.25) is 0 Å². The highest BCUT2D eigenvalue weighted by Gasteiger charge is 2.46. The maximum atomic E-state index is 13.1. The lowest BCUT2D eigenvalue weighted by Gasteiger charge is -2.31. The summed E-state index contributed by atoms with van der Waals surface area (Å²) in [7, 11) is -3.12. The lowest BCUT2D eigenvalue weighted by molar-refractivity contribution is 0.0525. The highest BCUT2D eigenvalue weighted by atomic mass is 32.2. The molecule has 4 nitrogen and oxygen atoms in total. The van der Waals surface area contributed by atoms with Crippen molar-refractivity contribution in [3.63, 3.8) is 0 Å². The molecule has 116 valence electrons. The molecule has 21 heavy (non-hydrogen) atoms. The first-order valence-corrected chi connectivity index (χ1v) is 9.68. The van der Waals surface area contributed by atoms with Crippen molar-refractivity contribution < 1.29 is 13.2 Å². The van der Waals surface area contributed by atoms with Crippen LogP contribution < -0.4 is 0 Å². The Kier molecular flexibility index (Phi) is 3.38. The van der Waals surface area contributed by atoms with E-state index in [0.29, 0.717) is 19.1 Å². The Balaban J connectivity index is 1.65. The minimum absolute atomic E-state index is 0.156. The first kappa shape index (κ1) is 13.8. The standard InChI is InChI=1S/C16H23NO3S/c18-21(19,16-11-12-4-5-13(16)10-12)15-3-1-2-14(15)17-6-8-20-9-7-17/h4-5,12-13,16H,1-3,6-11H2. The van der Waals surface area contributed by atoms with Gasteiger partial charge in [-0.25, -0.2) is 8.42 Å². The number of hydrogen-bond donors (Lipinski definition) is 0. The van der Waals surface area contributed by atoms with Crippen LogP contribution in [-0.4, -0.2) is 44.9 Å². The molecule has 1 heterocycles. The number of allylic oxidation sites excluding steroid dienone is 4. The van der Waals surface area contributed by atoms with Crippen LogP contribution in [0.4, 0.5) is 0 Å². The van der Waals surface area contributed by atoms with Gasteiger partial charge < -0.3 is 9.64 Å². The van der Waals surface area contributed by atoms with Gasteiger partial charge in [-0.15, -0.1) is 0 Å². The van der Waals surface area contributed by atoms with Crippen molar-refractivity contribution >= 4 is 9.84 Å². The molecule has 1 saturated heterocycles. The van der Waals surface area contributed by atoms with Crippen molar-refractivity contribution in [1.29, 1.82) is 0 Å². The SMILES string of the molecule is O=S(=O)(C1=C(N2CCOCC2)CCC1)C1CC2C=CC1C2.